The number of hydrogen-bond acceptors (Lipinski definition) is 1. The highest BCUT2D eigenvalue weighted by Crippen LogP contribution is 2.14. The zero-order valence-electron chi connectivity index (χ0n) is 20.1. The number of nitrogens with zero attached hydrogens (tertiary/aromatic N) is 2. The van der Waals surface area contributed by atoms with Crippen LogP contribution in [0.25, 0.3) is 0 Å². The van der Waals surface area contributed by atoms with Crippen molar-refractivity contribution in [3.63, 3.8) is 0 Å². The van der Waals surface area contributed by atoms with Crippen LogP contribution >= 0.6 is 0 Å². The van der Waals surface area contributed by atoms with E-state index in [1.54, 1.807) is 0 Å². The Morgan fingerprint density at radius 1 is 0.467 bits per heavy atom. The molecule has 0 aliphatic heterocycles. The molecule has 2 rings (SSSR count). The molecule has 0 heterocycles. The predicted octanol–water partition coefficient (Wildman–Crippen LogP) is 2.95. The Morgan fingerprint density at radius 2 is 0.700 bits per heavy atom. The molecule has 2 aromatic carbocycles. The Labute approximate surface area is 192 Å². The summed E-state index contributed by atoms with van der Waals surface area (Å²) in [5.74, 6) is 0. The Morgan fingerprint density at radius 3 is 0.900 bits per heavy atom. The summed E-state index contributed by atoms with van der Waals surface area (Å²) in [5.41, 5.74) is 2.91. The lowest BCUT2D eigenvalue weighted by atomic mass is 10.2. The van der Waals surface area contributed by atoms with Crippen molar-refractivity contribution in [2.45, 2.75) is 54.6 Å². The van der Waals surface area contributed by atoms with Gasteiger partial charge in [0.1, 0.15) is 13.1 Å². The van der Waals surface area contributed by atoms with E-state index in [0.29, 0.717) is 0 Å². The van der Waals surface area contributed by atoms with E-state index in [4.69, 9.17) is 0 Å². The fourth-order valence-electron chi connectivity index (χ4n) is 3.95. The molecule has 2 aromatic rings. The highest BCUT2D eigenvalue weighted by Gasteiger charge is 2.21. The lowest BCUT2D eigenvalue weighted by Crippen LogP contribution is -3.00. The Bertz CT molecular complexity index is 552. The zero-order chi connectivity index (χ0) is 20.9. The molecule has 0 radical (unpaired) electrons. The average molecular weight is 437 g/mol. The molecule has 3 nitrogen and oxygen atoms in total. The van der Waals surface area contributed by atoms with E-state index in [1.807, 2.05) is 0 Å². The van der Waals surface area contributed by atoms with Crippen LogP contribution in [-0.4, -0.2) is 53.7 Å². The maximum Gasteiger partial charge on any atom is 0.104 e. The van der Waals surface area contributed by atoms with Gasteiger partial charge in [-0.15, -0.1) is 0 Å². The van der Waals surface area contributed by atoms with Gasteiger partial charge < -0.3 is 26.8 Å². The summed E-state index contributed by atoms with van der Waals surface area (Å²) in [6.07, 6.45) is 0. The molecule has 30 heavy (non-hydrogen) atoms. The summed E-state index contributed by atoms with van der Waals surface area (Å²) in [7, 11) is 0. The molecule has 4 heteroatoms. The van der Waals surface area contributed by atoms with Crippen molar-refractivity contribution in [3.05, 3.63) is 71.8 Å². The number of benzene rings is 2. The van der Waals surface area contributed by atoms with Gasteiger partial charge in [-0.1, -0.05) is 60.7 Å². The van der Waals surface area contributed by atoms with E-state index < -0.39 is 0 Å². The van der Waals surface area contributed by atoms with Gasteiger partial charge in [0.15, 0.2) is 0 Å². The van der Waals surface area contributed by atoms with Crippen LogP contribution in [0.1, 0.15) is 52.7 Å². The molecule has 0 aliphatic rings. The molecule has 0 bridgehead atoms. The average Bonchev–Trinajstić information content (AvgIpc) is 2.78. The largest absolute Gasteiger partial charge is 1.00 e. The maximum absolute atomic E-state index is 2.29. The van der Waals surface area contributed by atoms with Crippen LogP contribution in [0.3, 0.4) is 0 Å². The van der Waals surface area contributed by atoms with Crippen LogP contribution in [0, 0.1) is 0 Å². The number of rotatable bonds is 10. The lowest BCUT2D eigenvalue weighted by molar-refractivity contribution is -0.936. The van der Waals surface area contributed by atoms with Crippen molar-refractivity contribution in [2.24, 2.45) is 0 Å². The molecule has 0 aromatic heterocycles. The summed E-state index contributed by atoms with van der Waals surface area (Å²) >= 11 is 0. The third kappa shape index (κ3) is 9.61. The summed E-state index contributed by atoms with van der Waals surface area (Å²) in [4.78, 5) is 0. The molecule has 0 saturated heterocycles. The van der Waals surface area contributed by atoms with Crippen molar-refractivity contribution in [1.82, 2.24) is 0 Å². The smallest absolute Gasteiger partial charge is 0.104 e. The third-order valence-electron chi connectivity index (χ3n) is 6.75. The van der Waals surface area contributed by atoms with Crippen molar-refractivity contribution in [3.8, 4) is 0 Å². The fourth-order valence-corrected chi connectivity index (χ4v) is 3.95. The first-order chi connectivity index (χ1) is 13.5. The summed E-state index contributed by atoms with van der Waals surface area (Å²) in [6, 6.07) is 21.6. The van der Waals surface area contributed by atoms with Crippen molar-refractivity contribution >= 4 is 0 Å². The maximum atomic E-state index is 2.29. The third-order valence-corrected chi connectivity index (χ3v) is 6.75. The van der Waals surface area contributed by atoms with Crippen LogP contribution in [0.2, 0.25) is 0 Å². The molecule has 0 spiro atoms. The monoisotopic (exact) mass is 436 g/mol. The minimum Gasteiger partial charge on any atom is -1.00 e. The normalized spacial score (nSPS) is 10.9. The highest BCUT2D eigenvalue weighted by molar-refractivity contribution is 5.14. The number of halogens is 1. The van der Waals surface area contributed by atoms with Crippen LogP contribution in [0.15, 0.2) is 60.7 Å². The van der Waals surface area contributed by atoms with E-state index in [2.05, 4.69) is 102 Å². The van der Waals surface area contributed by atoms with Crippen LogP contribution in [0.5, 0.6) is 0 Å². The van der Waals surface area contributed by atoms with Crippen molar-refractivity contribution in [2.75, 3.05) is 39.3 Å². The molecule has 0 atom stereocenters. The molecule has 0 fully saturated rings. The van der Waals surface area contributed by atoms with Gasteiger partial charge in [-0.25, -0.2) is 0 Å². The molecule has 0 saturated carbocycles. The van der Waals surface area contributed by atoms with E-state index >= 15 is 0 Å². The molecule has 172 valence electrons. The molecule has 0 amide bonds. The van der Waals surface area contributed by atoms with Crippen molar-refractivity contribution in [1.29, 1.82) is 0 Å². The van der Waals surface area contributed by atoms with Gasteiger partial charge in [0.25, 0.3) is 0 Å². The van der Waals surface area contributed by atoms with Gasteiger partial charge >= 0.3 is 0 Å². The molecule has 1 N–H and O–H groups in total. The second-order valence-corrected chi connectivity index (χ2v) is 7.87. The SMILES string of the molecule is CC[N+](CC)(CC)Cc1ccccc1.CC[N+](CC)(CC)Cc1ccccc1.[Cl-].[OH-]. The van der Waals surface area contributed by atoms with Gasteiger partial charge in [-0.05, 0) is 41.5 Å². The summed E-state index contributed by atoms with van der Waals surface area (Å²) < 4.78 is 2.40. The van der Waals surface area contributed by atoms with Gasteiger partial charge in [0.05, 0.1) is 39.3 Å². The topological polar surface area (TPSA) is 30.0 Å². The van der Waals surface area contributed by atoms with Gasteiger partial charge in [0, 0.05) is 11.1 Å². The zero-order valence-corrected chi connectivity index (χ0v) is 20.9. The van der Waals surface area contributed by atoms with E-state index in [9.17, 15) is 0 Å². The molecular formula is C26H45ClN2O. The number of quaternary nitrogens is 2. The quantitative estimate of drug-likeness (QED) is 0.526. The Hall–Kier alpha value is -1.39. The highest BCUT2D eigenvalue weighted by atomic mass is 35.5. The summed E-state index contributed by atoms with van der Waals surface area (Å²) in [6.45, 7) is 23.4. The van der Waals surface area contributed by atoms with Gasteiger partial charge in [-0.2, -0.15) is 0 Å². The van der Waals surface area contributed by atoms with Gasteiger partial charge in [-0.3, -0.25) is 0 Å². The second kappa shape index (κ2) is 16.3. The minimum absolute atomic E-state index is 0. The van der Waals surface area contributed by atoms with E-state index in [0.717, 1.165) is 0 Å². The van der Waals surface area contributed by atoms with Crippen LogP contribution in [-0.2, 0) is 13.1 Å². The fraction of sp³-hybridized carbons (Fsp3) is 0.538. The van der Waals surface area contributed by atoms with Crippen LogP contribution in [0.4, 0.5) is 0 Å². The minimum atomic E-state index is 0. The Balaban J connectivity index is 0. The van der Waals surface area contributed by atoms with E-state index in [1.165, 1.54) is 72.5 Å². The summed E-state index contributed by atoms with van der Waals surface area (Å²) in [5, 5.41) is 0. The molecule has 0 unspecified atom stereocenters. The first-order valence-electron chi connectivity index (χ1n) is 11.3. The van der Waals surface area contributed by atoms with E-state index in [-0.39, 0.29) is 17.9 Å². The van der Waals surface area contributed by atoms with Crippen LogP contribution < -0.4 is 12.4 Å². The molecule has 0 aliphatic carbocycles. The second-order valence-electron chi connectivity index (χ2n) is 7.87. The predicted molar refractivity (Wildman–Crippen MR) is 126 cm³/mol. The van der Waals surface area contributed by atoms with Crippen molar-refractivity contribution < 1.29 is 26.8 Å². The van der Waals surface area contributed by atoms with Gasteiger partial charge in [0.2, 0.25) is 0 Å². The lowest BCUT2D eigenvalue weighted by Gasteiger charge is -2.35. The first kappa shape index (κ1) is 30.8. The number of hydrogen-bond donors (Lipinski definition) is 0. The first-order valence-corrected chi connectivity index (χ1v) is 11.3. The Kier molecular flexibility index (Phi) is 16.8. The molecular weight excluding hydrogens is 392 g/mol. The standard InChI is InChI=1S/2C13H22N.ClH.H2O/c2*1-4-14(5-2,6-3)12-13-10-8-7-9-11-13;;/h2*7-11H,4-6,12H2,1-3H3;1H;1H2/q2*+1;;/p-2.